The van der Waals surface area contributed by atoms with E-state index in [1.165, 1.54) is 0 Å². The SMILES string of the molecule is CCCCN(C)C(=O)c1ccc(N2CCC(NC(=O)N(C)C)(c3ccccc3)CC2c2ccc(Cl)c(Cl)c2)cc1. The topological polar surface area (TPSA) is 55.9 Å². The molecule has 1 heterocycles. The Labute approximate surface area is 247 Å². The van der Waals surface area contributed by atoms with Crippen LogP contribution in [0, 0.1) is 0 Å². The summed E-state index contributed by atoms with van der Waals surface area (Å²) in [5, 5.41) is 4.34. The molecule has 8 heteroatoms. The second-order valence-electron chi connectivity index (χ2n) is 10.7. The number of rotatable bonds is 8. The van der Waals surface area contributed by atoms with Gasteiger partial charge in [-0.2, -0.15) is 0 Å². The summed E-state index contributed by atoms with van der Waals surface area (Å²) in [5.41, 5.74) is 3.15. The van der Waals surface area contributed by atoms with E-state index >= 15 is 0 Å². The van der Waals surface area contributed by atoms with Crippen molar-refractivity contribution in [2.75, 3.05) is 39.1 Å². The zero-order chi connectivity index (χ0) is 28.9. The van der Waals surface area contributed by atoms with Gasteiger partial charge < -0.3 is 20.0 Å². The van der Waals surface area contributed by atoms with E-state index in [-0.39, 0.29) is 18.0 Å². The van der Waals surface area contributed by atoms with Gasteiger partial charge >= 0.3 is 6.03 Å². The Morgan fingerprint density at radius 1 is 0.975 bits per heavy atom. The third kappa shape index (κ3) is 6.56. The van der Waals surface area contributed by atoms with Crippen LogP contribution in [-0.4, -0.2) is 56.0 Å². The molecule has 40 heavy (non-hydrogen) atoms. The average Bonchev–Trinajstić information content (AvgIpc) is 2.97. The van der Waals surface area contributed by atoms with Crippen LogP contribution in [0.25, 0.3) is 0 Å². The molecule has 2 unspecified atom stereocenters. The molecular formula is C32H38Cl2N4O2. The van der Waals surface area contributed by atoms with E-state index in [4.69, 9.17) is 23.2 Å². The molecule has 1 aliphatic heterocycles. The number of nitrogens with zero attached hydrogens (tertiary/aromatic N) is 3. The molecule has 1 aliphatic rings. The normalized spacial score (nSPS) is 18.8. The van der Waals surface area contributed by atoms with Crippen LogP contribution < -0.4 is 10.2 Å². The van der Waals surface area contributed by atoms with Crippen molar-refractivity contribution in [1.82, 2.24) is 15.1 Å². The van der Waals surface area contributed by atoms with Gasteiger partial charge in [-0.15, -0.1) is 0 Å². The summed E-state index contributed by atoms with van der Waals surface area (Å²) in [7, 11) is 5.35. The molecule has 3 aromatic rings. The zero-order valence-corrected chi connectivity index (χ0v) is 25.2. The van der Waals surface area contributed by atoms with E-state index < -0.39 is 5.54 Å². The first kappa shape index (κ1) is 29.8. The lowest BCUT2D eigenvalue weighted by atomic mass is 9.75. The summed E-state index contributed by atoms with van der Waals surface area (Å²) in [6.45, 7) is 3.54. The zero-order valence-electron chi connectivity index (χ0n) is 23.7. The van der Waals surface area contributed by atoms with Crippen molar-refractivity contribution in [3.05, 3.63) is 99.5 Å². The number of hydrogen-bond donors (Lipinski definition) is 1. The van der Waals surface area contributed by atoms with Crippen LogP contribution in [0.3, 0.4) is 0 Å². The Morgan fingerprint density at radius 3 is 2.30 bits per heavy atom. The van der Waals surface area contributed by atoms with E-state index in [0.29, 0.717) is 35.0 Å². The van der Waals surface area contributed by atoms with Gasteiger partial charge in [0.1, 0.15) is 0 Å². The lowest BCUT2D eigenvalue weighted by molar-refractivity contribution is 0.0793. The molecule has 3 amide bonds. The highest BCUT2D eigenvalue weighted by atomic mass is 35.5. The number of amides is 3. The van der Waals surface area contributed by atoms with E-state index in [2.05, 4.69) is 29.3 Å². The Kier molecular flexibility index (Phi) is 9.64. The number of urea groups is 1. The maximum Gasteiger partial charge on any atom is 0.317 e. The number of halogens is 2. The second kappa shape index (κ2) is 13.0. The fourth-order valence-electron chi connectivity index (χ4n) is 5.37. The maximum atomic E-state index is 13.0. The smallest absolute Gasteiger partial charge is 0.317 e. The first-order valence-corrected chi connectivity index (χ1v) is 14.5. The minimum atomic E-state index is -0.589. The third-order valence-corrected chi connectivity index (χ3v) is 8.48. The molecule has 4 rings (SSSR count). The summed E-state index contributed by atoms with van der Waals surface area (Å²) in [5.74, 6) is 0.0224. The minimum Gasteiger partial charge on any atom is -0.364 e. The molecule has 2 atom stereocenters. The number of benzene rings is 3. The van der Waals surface area contributed by atoms with Gasteiger partial charge in [0.05, 0.1) is 21.6 Å². The lowest BCUT2D eigenvalue weighted by Gasteiger charge is -2.49. The van der Waals surface area contributed by atoms with Gasteiger partial charge in [0.2, 0.25) is 0 Å². The van der Waals surface area contributed by atoms with Crippen LogP contribution in [0.1, 0.15) is 60.1 Å². The van der Waals surface area contributed by atoms with Gasteiger partial charge in [-0.05, 0) is 66.8 Å². The Balaban J connectivity index is 1.72. The van der Waals surface area contributed by atoms with Crippen molar-refractivity contribution in [1.29, 1.82) is 0 Å². The lowest BCUT2D eigenvalue weighted by Crippen LogP contribution is -2.56. The highest BCUT2D eigenvalue weighted by Gasteiger charge is 2.43. The number of nitrogens with one attached hydrogen (secondary N) is 1. The molecule has 0 saturated carbocycles. The van der Waals surface area contributed by atoms with Crippen LogP contribution in [0.4, 0.5) is 10.5 Å². The van der Waals surface area contributed by atoms with Gasteiger partial charge in [-0.25, -0.2) is 4.79 Å². The van der Waals surface area contributed by atoms with Crippen molar-refractivity contribution >= 4 is 40.8 Å². The molecular weight excluding hydrogens is 543 g/mol. The molecule has 3 aromatic carbocycles. The van der Waals surface area contributed by atoms with Gasteiger partial charge in [-0.3, -0.25) is 4.79 Å². The largest absolute Gasteiger partial charge is 0.364 e. The highest BCUT2D eigenvalue weighted by molar-refractivity contribution is 6.42. The summed E-state index contributed by atoms with van der Waals surface area (Å²) in [6, 6.07) is 23.5. The van der Waals surface area contributed by atoms with Gasteiger partial charge in [0.25, 0.3) is 5.91 Å². The Bertz CT molecular complexity index is 1320. The standard InChI is InChI=1S/C32H38Cl2N4O2/c1-5-6-19-37(4)30(39)23-12-15-26(16-13-23)38-20-18-32(35-31(40)36(2)3,25-10-8-7-9-11-25)22-29(38)24-14-17-27(33)28(34)21-24/h7-17,21,29H,5-6,18-20,22H2,1-4H3,(H,35,40). The summed E-state index contributed by atoms with van der Waals surface area (Å²) >= 11 is 12.8. The van der Waals surface area contributed by atoms with Crippen molar-refractivity contribution in [2.45, 2.75) is 44.2 Å². The summed E-state index contributed by atoms with van der Waals surface area (Å²) in [4.78, 5) is 31.6. The number of carbonyl (C=O) groups is 2. The highest BCUT2D eigenvalue weighted by Crippen LogP contribution is 2.45. The first-order valence-electron chi connectivity index (χ1n) is 13.8. The molecule has 6 nitrogen and oxygen atoms in total. The minimum absolute atomic E-state index is 0.0224. The third-order valence-electron chi connectivity index (χ3n) is 7.74. The molecule has 0 radical (unpaired) electrons. The predicted octanol–water partition coefficient (Wildman–Crippen LogP) is 7.37. The fraction of sp³-hybridized carbons (Fsp3) is 0.375. The number of hydrogen-bond acceptors (Lipinski definition) is 3. The second-order valence-corrected chi connectivity index (χ2v) is 11.6. The molecule has 212 valence electrons. The van der Waals surface area contributed by atoms with Crippen molar-refractivity contribution in [3.63, 3.8) is 0 Å². The van der Waals surface area contributed by atoms with E-state index in [9.17, 15) is 9.59 Å². The Hall–Kier alpha value is -3.22. The quantitative estimate of drug-likeness (QED) is 0.302. The van der Waals surface area contributed by atoms with Crippen LogP contribution in [0.5, 0.6) is 0 Å². The molecule has 1 saturated heterocycles. The fourth-order valence-corrected chi connectivity index (χ4v) is 5.68. The number of piperidine rings is 1. The van der Waals surface area contributed by atoms with E-state index in [1.807, 2.05) is 67.7 Å². The molecule has 0 bridgehead atoms. The monoisotopic (exact) mass is 580 g/mol. The Morgan fingerprint density at radius 2 is 1.68 bits per heavy atom. The van der Waals surface area contributed by atoms with E-state index in [0.717, 1.165) is 36.2 Å². The van der Waals surface area contributed by atoms with Crippen molar-refractivity contribution < 1.29 is 9.59 Å². The number of unbranched alkanes of at least 4 members (excludes halogenated alkanes) is 1. The van der Waals surface area contributed by atoms with Gasteiger partial charge in [-0.1, -0.05) is 72.9 Å². The van der Waals surface area contributed by atoms with Crippen molar-refractivity contribution in [3.8, 4) is 0 Å². The van der Waals surface area contributed by atoms with E-state index in [1.54, 1.807) is 23.9 Å². The van der Waals surface area contributed by atoms with Gasteiger partial charge in [0.15, 0.2) is 0 Å². The first-order chi connectivity index (χ1) is 19.1. The molecule has 1 N–H and O–H groups in total. The number of anilines is 1. The molecule has 0 aromatic heterocycles. The molecule has 0 spiro atoms. The van der Waals surface area contributed by atoms with Crippen LogP contribution in [0.15, 0.2) is 72.8 Å². The number of carbonyl (C=O) groups excluding carboxylic acids is 2. The molecule has 1 fully saturated rings. The summed E-state index contributed by atoms with van der Waals surface area (Å²) in [6.07, 6.45) is 3.35. The average molecular weight is 582 g/mol. The molecule has 0 aliphatic carbocycles. The predicted molar refractivity (Wildman–Crippen MR) is 164 cm³/mol. The maximum absolute atomic E-state index is 13.0. The van der Waals surface area contributed by atoms with Gasteiger partial charge in [0, 0.05) is 45.5 Å². The van der Waals surface area contributed by atoms with Crippen LogP contribution in [-0.2, 0) is 5.54 Å². The van der Waals surface area contributed by atoms with Crippen LogP contribution in [0.2, 0.25) is 10.0 Å². The summed E-state index contributed by atoms with van der Waals surface area (Å²) < 4.78 is 0. The van der Waals surface area contributed by atoms with Crippen LogP contribution >= 0.6 is 23.2 Å². The van der Waals surface area contributed by atoms with Crippen molar-refractivity contribution in [2.24, 2.45) is 0 Å².